The van der Waals surface area contributed by atoms with E-state index < -0.39 is 0 Å². The number of rotatable bonds is 3. The molecule has 0 amide bonds. The zero-order chi connectivity index (χ0) is 13.4. The van der Waals surface area contributed by atoms with Crippen LogP contribution >= 0.6 is 0 Å². The van der Waals surface area contributed by atoms with Crippen molar-refractivity contribution in [3.8, 4) is 17.3 Å². The van der Waals surface area contributed by atoms with Crippen molar-refractivity contribution in [1.82, 2.24) is 9.78 Å². The average Bonchev–Trinajstić information content (AvgIpc) is 3.21. The fourth-order valence-corrected chi connectivity index (χ4v) is 2.34. The fourth-order valence-electron chi connectivity index (χ4n) is 2.34. The number of hydrogen-bond donors (Lipinski definition) is 1. The van der Waals surface area contributed by atoms with E-state index in [2.05, 4.69) is 18.1 Å². The highest BCUT2D eigenvalue weighted by atomic mass is 15.3. The molecule has 1 atom stereocenters. The smallest absolute Gasteiger partial charge is 0.115 e. The largest absolute Gasteiger partial charge is 0.396 e. The van der Waals surface area contributed by atoms with Crippen molar-refractivity contribution in [3.63, 3.8) is 0 Å². The second-order valence-corrected chi connectivity index (χ2v) is 5.18. The zero-order valence-electron chi connectivity index (χ0n) is 10.9. The fraction of sp³-hybridized carbons (Fsp3) is 0.333. The maximum atomic E-state index is 8.80. The molecule has 4 nitrogen and oxygen atoms in total. The zero-order valence-corrected chi connectivity index (χ0v) is 10.9. The molecule has 0 saturated heterocycles. The molecule has 1 aliphatic rings. The lowest BCUT2D eigenvalue weighted by molar-refractivity contribution is 0.441. The minimum Gasteiger partial charge on any atom is -0.396 e. The summed E-state index contributed by atoms with van der Waals surface area (Å²) >= 11 is 0. The van der Waals surface area contributed by atoms with Crippen molar-refractivity contribution in [1.29, 1.82) is 5.26 Å². The molecule has 1 unspecified atom stereocenters. The van der Waals surface area contributed by atoms with Crippen LogP contribution in [0.15, 0.2) is 30.5 Å². The maximum Gasteiger partial charge on any atom is 0.115 e. The van der Waals surface area contributed by atoms with Crippen LogP contribution in [0.2, 0.25) is 0 Å². The summed E-state index contributed by atoms with van der Waals surface area (Å²) in [5, 5.41) is 13.4. The normalized spacial score (nSPS) is 16.0. The van der Waals surface area contributed by atoms with Gasteiger partial charge in [0, 0.05) is 11.8 Å². The van der Waals surface area contributed by atoms with Gasteiger partial charge in [0.05, 0.1) is 23.4 Å². The second-order valence-electron chi connectivity index (χ2n) is 5.18. The van der Waals surface area contributed by atoms with E-state index in [1.54, 1.807) is 12.1 Å². The van der Waals surface area contributed by atoms with E-state index in [0.717, 1.165) is 17.2 Å². The van der Waals surface area contributed by atoms with Gasteiger partial charge >= 0.3 is 0 Å². The van der Waals surface area contributed by atoms with E-state index in [1.165, 1.54) is 12.8 Å². The predicted molar refractivity (Wildman–Crippen MR) is 74.2 cm³/mol. The van der Waals surface area contributed by atoms with Gasteiger partial charge in [0.25, 0.3) is 0 Å². The monoisotopic (exact) mass is 252 g/mol. The van der Waals surface area contributed by atoms with Gasteiger partial charge in [0.1, 0.15) is 5.69 Å². The highest BCUT2D eigenvalue weighted by molar-refractivity contribution is 5.72. The molecule has 2 aromatic rings. The summed E-state index contributed by atoms with van der Waals surface area (Å²) in [6.45, 7) is 2.19. The van der Waals surface area contributed by atoms with Gasteiger partial charge in [0.2, 0.25) is 0 Å². The predicted octanol–water partition coefficient (Wildman–Crippen LogP) is 2.97. The first kappa shape index (κ1) is 11.8. The molecule has 1 heterocycles. The van der Waals surface area contributed by atoms with Crippen LogP contribution in [0.5, 0.6) is 0 Å². The molecule has 1 aromatic carbocycles. The van der Waals surface area contributed by atoms with Gasteiger partial charge in [-0.25, -0.2) is 0 Å². The van der Waals surface area contributed by atoms with E-state index in [9.17, 15) is 0 Å². The van der Waals surface area contributed by atoms with Crippen LogP contribution < -0.4 is 5.73 Å². The molecule has 0 bridgehead atoms. The topological polar surface area (TPSA) is 67.6 Å². The number of hydrogen-bond acceptors (Lipinski definition) is 3. The Morgan fingerprint density at radius 3 is 2.63 bits per heavy atom. The third-order valence-corrected chi connectivity index (χ3v) is 3.77. The summed E-state index contributed by atoms with van der Waals surface area (Å²) < 4.78 is 1.97. The minimum atomic E-state index is 0.412. The molecule has 4 heteroatoms. The Morgan fingerprint density at radius 2 is 2.05 bits per heavy atom. The third-order valence-electron chi connectivity index (χ3n) is 3.77. The molecular weight excluding hydrogens is 236 g/mol. The first-order valence-electron chi connectivity index (χ1n) is 6.54. The number of benzene rings is 1. The lowest BCUT2D eigenvalue weighted by atomic mass is 10.1. The lowest BCUT2D eigenvalue weighted by Gasteiger charge is -2.09. The minimum absolute atomic E-state index is 0.412. The standard InChI is InChI=1S/C15H16N4/c1-10(12-6-7-12)19-9-14(17)15(18-19)13-4-2-11(8-16)3-5-13/h2-5,9-10,12H,6-7,17H2,1H3. The van der Waals surface area contributed by atoms with Gasteiger partial charge in [-0.2, -0.15) is 10.4 Å². The van der Waals surface area contributed by atoms with Gasteiger partial charge in [-0.1, -0.05) is 12.1 Å². The van der Waals surface area contributed by atoms with Crippen LogP contribution in [-0.2, 0) is 0 Å². The summed E-state index contributed by atoms with van der Waals surface area (Å²) in [6.07, 6.45) is 4.48. The molecule has 96 valence electrons. The SMILES string of the molecule is CC(C1CC1)n1cc(N)c(-c2ccc(C#N)cc2)n1. The Bertz CT molecular complexity index is 629. The van der Waals surface area contributed by atoms with Gasteiger partial charge in [0.15, 0.2) is 0 Å². The highest BCUT2D eigenvalue weighted by Gasteiger charge is 2.30. The molecule has 1 saturated carbocycles. The molecule has 0 spiro atoms. The van der Waals surface area contributed by atoms with E-state index in [0.29, 0.717) is 17.3 Å². The summed E-state index contributed by atoms with van der Waals surface area (Å²) in [5.74, 6) is 0.744. The number of anilines is 1. The highest BCUT2D eigenvalue weighted by Crippen LogP contribution is 2.40. The van der Waals surface area contributed by atoms with Crippen LogP contribution in [0.25, 0.3) is 11.3 Å². The molecule has 2 N–H and O–H groups in total. The van der Waals surface area contributed by atoms with Crippen molar-refractivity contribution < 1.29 is 0 Å². The quantitative estimate of drug-likeness (QED) is 0.913. The number of nitrogens with zero attached hydrogens (tertiary/aromatic N) is 3. The molecule has 1 aliphatic carbocycles. The Labute approximate surface area is 112 Å². The Balaban J connectivity index is 1.93. The van der Waals surface area contributed by atoms with Gasteiger partial charge in [-0.15, -0.1) is 0 Å². The van der Waals surface area contributed by atoms with Crippen LogP contribution in [0.4, 0.5) is 5.69 Å². The molecule has 19 heavy (non-hydrogen) atoms. The van der Waals surface area contributed by atoms with Crippen LogP contribution in [-0.4, -0.2) is 9.78 Å². The Hall–Kier alpha value is -2.28. The van der Waals surface area contributed by atoms with E-state index in [-0.39, 0.29) is 0 Å². The van der Waals surface area contributed by atoms with Crippen molar-refractivity contribution in [3.05, 3.63) is 36.0 Å². The average molecular weight is 252 g/mol. The van der Waals surface area contributed by atoms with Crippen LogP contribution in [0, 0.1) is 17.2 Å². The molecule has 1 fully saturated rings. The molecule has 0 aliphatic heterocycles. The van der Waals surface area contributed by atoms with Crippen molar-refractivity contribution in [2.75, 3.05) is 5.73 Å². The summed E-state index contributed by atoms with van der Waals surface area (Å²) in [5.41, 5.74) is 9.15. The molecular formula is C15H16N4. The summed E-state index contributed by atoms with van der Waals surface area (Å²) in [4.78, 5) is 0. The summed E-state index contributed by atoms with van der Waals surface area (Å²) in [7, 11) is 0. The van der Waals surface area contributed by atoms with Crippen molar-refractivity contribution in [2.24, 2.45) is 5.92 Å². The molecule has 1 aromatic heterocycles. The van der Waals surface area contributed by atoms with Gasteiger partial charge in [-0.05, 0) is 37.8 Å². The van der Waals surface area contributed by atoms with Gasteiger partial charge in [-0.3, -0.25) is 4.68 Å². The Morgan fingerprint density at radius 1 is 1.37 bits per heavy atom. The molecule has 3 rings (SSSR count). The Kier molecular flexibility index (Phi) is 2.75. The second kappa shape index (κ2) is 4.43. The molecule has 0 radical (unpaired) electrons. The van der Waals surface area contributed by atoms with E-state index in [1.807, 2.05) is 23.0 Å². The van der Waals surface area contributed by atoms with E-state index >= 15 is 0 Å². The van der Waals surface area contributed by atoms with Crippen LogP contribution in [0.3, 0.4) is 0 Å². The van der Waals surface area contributed by atoms with Crippen molar-refractivity contribution >= 4 is 5.69 Å². The van der Waals surface area contributed by atoms with Gasteiger partial charge < -0.3 is 5.73 Å². The summed E-state index contributed by atoms with van der Waals surface area (Å²) in [6, 6.07) is 9.89. The number of aromatic nitrogens is 2. The first-order valence-corrected chi connectivity index (χ1v) is 6.54. The van der Waals surface area contributed by atoms with Crippen LogP contribution in [0.1, 0.15) is 31.4 Å². The number of nitriles is 1. The van der Waals surface area contributed by atoms with Crippen molar-refractivity contribution in [2.45, 2.75) is 25.8 Å². The maximum absolute atomic E-state index is 8.80. The number of nitrogen functional groups attached to an aromatic ring is 1. The van der Waals surface area contributed by atoms with E-state index in [4.69, 9.17) is 11.0 Å². The number of nitrogens with two attached hydrogens (primary N) is 1. The first-order chi connectivity index (χ1) is 9.19. The lowest BCUT2D eigenvalue weighted by Crippen LogP contribution is -2.07. The third kappa shape index (κ3) is 2.19.